The van der Waals surface area contributed by atoms with Crippen molar-refractivity contribution in [3.8, 4) is 73.6 Å². The third-order valence-electron chi connectivity index (χ3n) is 9.17. The molecule has 2 aromatic heterocycles. The van der Waals surface area contributed by atoms with Gasteiger partial charge in [0, 0.05) is 27.5 Å². The molecular formula is C46H28N4O. The third-order valence-corrected chi connectivity index (χ3v) is 9.17. The maximum atomic E-state index is 9.51. The first-order chi connectivity index (χ1) is 25.2. The molecule has 0 fully saturated rings. The Balaban J connectivity index is 1.23. The van der Waals surface area contributed by atoms with Crippen LogP contribution in [0.25, 0.3) is 89.5 Å². The largest absolute Gasteiger partial charge is 0.456 e. The molecule has 0 aliphatic rings. The van der Waals surface area contributed by atoms with Gasteiger partial charge in [-0.05, 0) is 69.8 Å². The van der Waals surface area contributed by atoms with Gasteiger partial charge in [0.05, 0.1) is 11.6 Å². The second kappa shape index (κ2) is 12.7. The normalized spacial score (nSPS) is 11.1. The van der Waals surface area contributed by atoms with E-state index in [0.29, 0.717) is 23.0 Å². The lowest BCUT2D eigenvalue weighted by Gasteiger charge is -2.12. The fourth-order valence-electron chi connectivity index (χ4n) is 6.73. The lowest BCUT2D eigenvalue weighted by atomic mass is 9.98. The first-order valence-electron chi connectivity index (χ1n) is 16.7. The van der Waals surface area contributed by atoms with E-state index in [-0.39, 0.29) is 0 Å². The van der Waals surface area contributed by atoms with E-state index in [2.05, 4.69) is 78.9 Å². The Morgan fingerprint density at radius 1 is 0.392 bits per heavy atom. The average Bonchev–Trinajstić information content (AvgIpc) is 3.60. The number of hydrogen-bond acceptors (Lipinski definition) is 5. The number of nitrogens with zero attached hydrogens (tertiary/aromatic N) is 4. The van der Waals surface area contributed by atoms with Gasteiger partial charge in [0.2, 0.25) is 0 Å². The molecule has 0 spiro atoms. The topological polar surface area (TPSA) is 75.6 Å². The first-order valence-corrected chi connectivity index (χ1v) is 16.7. The first kappa shape index (κ1) is 29.9. The van der Waals surface area contributed by atoms with Crippen LogP contribution in [0.4, 0.5) is 0 Å². The number of rotatable bonds is 6. The summed E-state index contributed by atoms with van der Waals surface area (Å²) in [6.45, 7) is 0. The summed E-state index contributed by atoms with van der Waals surface area (Å²) in [6.07, 6.45) is 0. The highest BCUT2D eigenvalue weighted by Crippen LogP contribution is 2.39. The summed E-state index contributed by atoms with van der Waals surface area (Å²) in [5, 5.41) is 11.6. The Labute approximate surface area is 294 Å². The van der Waals surface area contributed by atoms with Crippen LogP contribution in [0.2, 0.25) is 0 Å². The Hall–Kier alpha value is -7.16. The molecule has 0 atom stereocenters. The number of benzene rings is 7. The van der Waals surface area contributed by atoms with Gasteiger partial charge in [0.25, 0.3) is 0 Å². The summed E-state index contributed by atoms with van der Waals surface area (Å²) in [5.74, 6) is 1.66. The lowest BCUT2D eigenvalue weighted by Crippen LogP contribution is -2.01. The minimum absolute atomic E-state index is 0.542. The maximum absolute atomic E-state index is 9.51. The highest BCUT2D eigenvalue weighted by molar-refractivity contribution is 6.13. The molecule has 0 aliphatic heterocycles. The summed E-state index contributed by atoms with van der Waals surface area (Å²) < 4.78 is 6.47. The zero-order valence-electron chi connectivity index (χ0n) is 27.4. The van der Waals surface area contributed by atoms with E-state index in [1.807, 2.05) is 97.1 Å². The van der Waals surface area contributed by atoms with Crippen LogP contribution in [0.3, 0.4) is 0 Å². The highest BCUT2D eigenvalue weighted by atomic mass is 16.3. The number of aromatic nitrogens is 3. The molecule has 9 rings (SSSR count). The molecule has 0 bridgehead atoms. The molecule has 0 aliphatic carbocycles. The Kier molecular flexibility index (Phi) is 7.46. The van der Waals surface area contributed by atoms with Crippen LogP contribution in [-0.4, -0.2) is 15.0 Å². The molecule has 5 nitrogen and oxygen atoms in total. The summed E-state index contributed by atoms with van der Waals surface area (Å²) >= 11 is 0. The van der Waals surface area contributed by atoms with Gasteiger partial charge in [-0.3, -0.25) is 0 Å². The van der Waals surface area contributed by atoms with Crippen molar-refractivity contribution in [3.63, 3.8) is 0 Å². The zero-order valence-corrected chi connectivity index (χ0v) is 27.4. The summed E-state index contributed by atoms with van der Waals surface area (Å²) in [7, 11) is 0. The van der Waals surface area contributed by atoms with E-state index in [1.165, 1.54) is 0 Å². The minimum atomic E-state index is 0.542. The molecule has 9 aromatic rings. The van der Waals surface area contributed by atoms with Crippen molar-refractivity contribution in [2.75, 3.05) is 0 Å². The molecular weight excluding hydrogens is 625 g/mol. The zero-order chi connectivity index (χ0) is 34.1. The molecule has 2 heterocycles. The summed E-state index contributed by atoms with van der Waals surface area (Å²) in [5.41, 5.74) is 11.1. The van der Waals surface area contributed by atoms with Gasteiger partial charge in [-0.1, -0.05) is 133 Å². The number of furan rings is 1. The van der Waals surface area contributed by atoms with Gasteiger partial charge < -0.3 is 4.42 Å². The lowest BCUT2D eigenvalue weighted by molar-refractivity contribution is 0.669. The SMILES string of the molecule is N#Cc1cccc(-c2cccc(-c3nc(-c4ccc5c(c4)oc4cccc(-c6ccccc6)c45)nc(-c4ccccc4-c4ccccc4)n3)c2)c1. The van der Waals surface area contributed by atoms with Crippen LogP contribution in [0.1, 0.15) is 5.56 Å². The average molecular weight is 653 g/mol. The van der Waals surface area contributed by atoms with Crippen molar-refractivity contribution in [3.05, 3.63) is 175 Å². The van der Waals surface area contributed by atoms with E-state index in [0.717, 1.165) is 72.0 Å². The number of hydrogen-bond donors (Lipinski definition) is 0. The van der Waals surface area contributed by atoms with E-state index >= 15 is 0 Å². The Bertz CT molecular complexity index is 2760. The molecule has 0 amide bonds. The molecule has 0 unspecified atom stereocenters. The molecule has 7 aromatic carbocycles. The van der Waals surface area contributed by atoms with Crippen LogP contribution in [-0.2, 0) is 0 Å². The van der Waals surface area contributed by atoms with Crippen molar-refractivity contribution in [1.82, 2.24) is 15.0 Å². The van der Waals surface area contributed by atoms with Gasteiger partial charge in [-0.2, -0.15) is 5.26 Å². The molecule has 51 heavy (non-hydrogen) atoms. The fourth-order valence-corrected chi connectivity index (χ4v) is 6.73. The molecule has 0 N–H and O–H groups in total. The van der Waals surface area contributed by atoms with Crippen molar-refractivity contribution >= 4 is 21.9 Å². The van der Waals surface area contributed by atoms with Gasteiger partial charge >= 0.3 is 0 Å². The molecule has 0 saturated heterocycles. The Morgan fingerprint density at radius 2 is 0.941 bits per heavy atom. The van der Waals surface area contributed by atoms with Crippen molar-refractivity contribution in [2.24, 2.45) is 0 Å². The maximum Gasteiger partial charge on any atom is 0.164 e. The smallest absolute Gasteiger partial charge is 0.164 e. The second-order valence-electron chi connectivity index (χ2n) is 12.3. The van der Waals surface area contributed by atoms with Gasteiger partial charge in [-0.15, -0.1) is 0 Å². The summed E-state index contributed by atoms with van der Waals surface area (Å²) in [4.78, 5) is 15.3. The van der Waals surface area contributed by atoms with E-state index < -0.39 is 0 Å². The predicted octanol–water partition coefficient (Wildman–Crippen LogP) is 11.6. The standard InChI is InChI=1S/C46H28N4O/c47-29-30-12-9-17-33(26-30)34-18-10-19-35(27-34)44-48-45(50-46(49-44)39-21-8-7-20-37(39)31-13-3-1-4-14-31)36-24-25-40-42(28-36)51-41-23-11-22-38(43(40)41)32-15-5-2-6-16-32/h1-28H. The molecule has 0 saturated carbocycles. The second-order valence-corrected chi connectivity index (χ2v) is 12.3. The fraction of sp³-hybridized carbons (Fsp3) is 0. The van der Waals surface area contributed by atoms with Gasteiger partial charge in [-0.25, -0.2) is 15.0 Å². The van der Waals surface area contributed by atoms with Gasteiger partial charge in [0.15, 0.2) is 17.5 Å². The third kappa shape index (κ3) is 5.61. The van der Waals surface area contributed by atoms with Crippen molar-refractivity contribution < 1.29 is 4.42 Å². The van der Waals surface area contributed by atoms with Gasteiger partial charge in [0.1, 0.15) is 11.2 Å². The van der Waals surface area contributed by atoms with E-state index in [9.17, 15) is 5.26 Å². The highest BCUT2D eigenvalue weighted by Gasteiger charge is 2.18. The monoisotopic (exact) mass is 652 g/mol. The van der Waals surface area contributed by atoms with Crippen molar-refractivity contribution in [2.45, 2.75) is 0 Å². The van der Waals surface area contributed by atoms with Crippen LogP contribution in [0, 0.1) is 11.3 Å². The molecule has 0 radical (unpaired) electrons. The quantitative estimate of drug-likeness (QED) is 0.179. The van der Waals surface area contributed by atoms with E-state index in [1.54, 1.807) is 0 Å². The number of nitriles is 1. The predicted molar refractivity (Wildman–Crippen MR) is 204 cm³/mol. The van der Waals surface area contributed by atoms with Crippen LogP contribution in [0.5, 0.6) is 0 Å². The van der Waals surface area contributed by atoms with Crippen LogP contribution >= 0.6 is 0 Å². The van der Waals surface area contributed by atoms with Crippen LogP contribution in [0.15, 0.2) is 174 Å². The molecule has 238 valence electrons. The minimum Gasteiger partial charge on any atom is -0.456 e. The van der Waals surface area contributed by atoms with Crippen molar-refractivity contribution in [1.29, 1.82) is 5.26 Å². The summed E-state index contributed by atoms with van der Waals surface area (Å²) in [6, 6.07) is 59.2. The Morgan fingerprint density at radius 3 is 1.69 bits per heavy atom. The van der Waals surface area contributed by atoms with Crippen LogP contribution < -0.4 is 0 Å². The van der Waals surface area contributed by atoms with E-state index in [4.69, 9.17) is 19.4 Å². The number of fused-ring (bicyclic) bond motifs is 3. The molecule has 5 heteroatoms.